The minimum absolute atomic E-state index is 0.00888. The normalized spacial score (nSPS) is 15.5. The molecule has 1 atom stereocenters. The van der Waals surface area contributed by atoms with Crippen LogP contribution in [0.15, 0.2) is 24.3 Å². The molecule has 148 valence electrons. The SMILES string of the molecule is CCC(C)c1ccccc1OCC(=O)NNC(=S)NC(=O)C1CCCCC1. The highest BCUT2D eigenvalue weighted by Gasteiger charge is 2.21. The molecule has 0 radical (unpaired) electrons. The molecule has 0 bridgehead atoms. The van der Waals surface area contributed by atoms with Crippen LogP contribution in [0.3, 0.4) is 0 Å². The average Bonchev–Trinajstić information content (AvgIpc) is 2.71. The number of hydrogen-bond acceptors (Lipinski definition) is 4. The minimum atomic E-state index is -0.372. The van der Waals surface area contributed by atoms with Crippen molar-refractivity contribution >= 4 is 29.1 Å². The lowest BCUT2D eigenvalue weighted by Crippen LogP contribution is -2.50. The molecule has 0 heterocycles. The Bertz CT molecular complexity index is 660. The van der Waals surface area contributed by atoms with Crippen LogP contribution in [0.5, 0.6) is 5.75 Å². The van der Waals surface area contributed by atoms with Crippen LogP contribution in [-0.4, -0.2) is 23.5 Å². The Labute approximate surface area is 166 Å². The first-order chi connectivity index (χ1) is 13.0. The van der Waals surface area contributed by atoms with Gasteiger partial charge in [-0.1, -0.05) is 51.3 Å². The maximum Gasteiger partial charge on any atom is 0.276 e. The van der Waals surface area contributed by atoms with Crippen molar-refractivity contribution in [2.45, 2.75) is 58.3 Å². The van der Waals surface area contributed by atoms with Gasteiger partial charge in [0.25, 0.3) is 5.91 Å². The standard InChI is InChI=1S/C20H29N3O3S/c1-3-14(2)16-11-7-8-12-17(16)26-13-18(24)22-23-20(27)21-19(25)15-9-5-4-6-10-15/h7-8,11-12,14-15H,3-6,9-10,13H2,1-2H3,(H,22,24)(H2,21,23,25,27). The van der Waals surface area contributed by atoms with Gasteiger partial charge in [-0.15, -0.1) is 0 Å². The first-order valence-electron chi connectivity index (χ1n) is 9.62. The summed E-state index contributed by atoms with van der Waals surface area (Å²) in [5, 5.41) is 2.73. The van der Waals surface area contributed by atoms with Gasteiger partial charge in [0.1, 0.15) is 5.75 Å². The van der Waals surface area contributed by atoms with Crippen LogP contribution in [0.2, 0.25) is 0 Å². The monoisotopic (exact) mass is 391 g/mol. The lowest BCUT2D eigenvalue weighted by atomic mass is 9.89. The topological polar surface area (TPSA) is 79.5 Å². The Hall–Kier alpha value is -2.15. The van der Waals surface area contributed by atoms with Crippen LogP contribution in [0.4, 0.5) is 0 Å². The highest BCUT2D eigenvalue weighted by Crippen LogP contribution is 2.28. The Morgan fingerprint density at radius 3 is 2.59 bits per heavy atom. The largest absolute Gasteiger partial charge is 0.483 e. The first kappa shape index (κ1) is 21.2. The van der Waals surface area contributed by atoms with E-state index in [1.165, 1.54) is 6.42 Å². The van der Waals surface area contributed by atoms with Crippen molar-refractivity contribution in [3.63, 3.8) is 0 Å². The molecule has 3 N–H and O–H groups in total. The van der Waals surface area contributed by atoms with E-state index in [9.17, 15) is 9.59 Å². The van der Waals surface area contributed by atoms with Crippen LogP contribution in [0.1, 0.15) is 63.9 Å². The Kier molecular flexibility index (Phi) is 8.51. The van der Waals surface area contributed by atoms with Crippen molar-refractivity contribution < 1.29 is 14.3 Å². The number of carbonyl (C=O) groups excluding carboxylic acids is 2. The fraction of sp³-hybridized carbons (Fsp3) is 0.550. The van der Waals surface area contributed by atoms with E-state index in [2.05, 4.69) is 30.0 Å². The molecule has 1 fully saturated rings. The highest BCUT2D eigenvalue weighted by atomic mass is 32.1. The zero-order valence-electron chi connectivity index (χ0n) is 16.0. The molecule has 1 aliphatic rings. The Balaban J connectivity index is 1.73. The number of hydrazine groups is 1. The summed E-state index contributed by atoms with van der Waals surface area (Å²) in [6, 6.07) is 7.71. The lowest BCUT2D eigenvalue weighted by Gasteiger charge is -2.21. The molecule has 0 aliphatic heterocycles. The van der Waals surface area contributed by atoms with E-state index in [4.69, 9.17) is 17.0 Å². The quantitative estimate of drug-likeness (QED) is 0.513. The number of ether oxygens (including phenoxy) is 1. The molecule has 1 unspecified atom stereocenters. The van der Waals surface area contributed by atoms with Gasteiger partial charge >= 0.3 is 0 Å². The first-order valence-corrected chi connectivity index (χ1v) is 10.0. The number of hydrogen-bond donors (Lipinski definition) is 3. The van der Waals surface area contributed by atoms with Crippen molar-refractivity contribution in [1.29, 1.82) is 0 Å². The number of thiocarbonyl (C=S) groups is 1. The summed E-state index contributed by atoms with van der Waals surface area (Å²) in [6.45, 7) is 4.09. The second-order valence-corrected chi connectivity index (χ2v) is 7.37. The van der Waals surface area contributed by atoms with E-state index in [0.717, 1.165) is 37.7 Å². The van der Waals surface area contributed by atoms with Gasteiger partial charge in [-0.25, -0.2) is 0 Å². The number of para-hydroxylation sites is 1. The zero-order chi connectivity index (χ0) is 19.6. The third-order valence-corrected chi connectivity index (χ3v) is 5.15. The highest BCUT2D eigenvalue weighted by molar-refractivity contribution is 7.80. The molecule has 1 aliphatic carbocycles. The maximum absolute atomic E-state index is 12.1. The van der Waals surface area contributed by atoms with Gasteiger partial charge in [0.15, 0.2) is 11.7 Å². The van der Waals surface area contributed by atoms with Crippen molar-refractivity contribution in [3.8, 4) is 5.75 Å². The molecule has 27 heavy (non-hydrogen) atoms. The van der Waals surface area contributed by atoms with Crippen LogP contribution in [0.25, 0.3) is 0 Å². The number of nitrogens with one attached hydrogen (secondary N) is 3. The predicted octanol–water partition coefficient (Wildman–Crippen LogP) is 3.18. The number of benzene rings is 1. The third kappa shape index (κ3) is 6.82. The van der Waals surface area contributed by atoms with Crippen LogP contribution >= 0.6 is 12.2 Å². The van der Waals surface area contributed by atoms with Gasteiger partial charge in [0.2, 0.25) is 5.91 Å². The summed E-state index contributed by atoms with van der Waals surface area (Å²) < 4.78 is 5.65. The van der Waals surface area contributed by atoms with Crippen molar-refractivity contribution in [3.05, 3.63) is 29.8 Å². The molecule has 1 saturated carbocycles. The van der Waals surface area contributed by atoms with Crippen molar-refractivity contribution in [2.24, 2.45) is 5.92 Å². The fourth-order valence-electron chi connectivity index (χ4n) is 3.15. The van der Waals surface area contributed by atoms with E-state index in [0.29, 0.717) is 11.7 Å². The van der Waals surface area contributed by atoms with Crippen LogP contribution < -0.4 is 20.9 Å². The fourth-order valence-corrected chi connectivity index (χ4v) is 3.31. The van der Waals surface area contributed by atoms with Crippen molar-refractivity contribution in [1.82, 2.24) is 16.2 Å². The second-order valence-electron chi connectivity index (χ2n) is 6.96. The van der Waals surface area contributed by atoms with E-state index >= 15 is 0 Å². The summed E-state index contributed by atoms with van der Waals surface area (Å²) in [5.74, 6) is 0.609. The maximum atomic E-state index is 12.1. The smallest absolute Gasteiger partial charge is 0.276 e. The molecular formula is C20H29N3O3S. The molecule has 6 nitrogen and oxygen atoms in total. The molecule has 7 heteroatoms. The zero-order valence-corrected chi connectivity index (χ0v) is 16.9. The van der Waals surface area contributed by atoms with Gasteiger partial charge in [0, 0.05) is 5.92 Å². The van der Waals surface area contributed by atoms with Gasteiger partial charge in [-0.3, -0.25) is 20.4 Å². The predicted molar refractivity (Wildman–Crippen MR) is 109 cm³/mol. The number of rotatable bonds is 6. The third-order valence-electron chi connectivity index (χ3n) is 4.95. The van der Waals surface area contributed by atoms with E-state index in [1.54, 1.807) is 0 Å². The summed E-state index contributed by atoms with van der Waals surface area (Å²) in [5.41, 5.74) is 6.09. The minimum Gasteiger partial charge on any atom is -0.483 e. The van der Waals surface area contributed by atoms with Gasteiger partial charge < -0.3 is 10.1 Å². The van der Waals surface area contributed by atoms with Gasteiger partial charge in [-0.2, -0.15) is 0 Å². The Morgan fingerprint density at radius 1 is 1.19 bits per heavy atom. The van der Waals surface area contributed by atoms with E-state index in [1.807, 2.05) is 24.3 Å². The number of amides is 2. The molecule has 1 aromatic rings. The lowest BCUT2D eigenvalue weighted by molar-refractivity contribution is -0.125. The average molecular weight is 392 g/mol. The molecule has 0 saturated heterocycles. The summed E-state index contributed by atoms with van der Waals surface area (Å²) in [4.78, 5) is 24.1. The molecule has 2 amide bonds. The van der Waals surface area contributed by atoms with Crippen molar-refractivity contribution in [2.75, 3.05) is 6.61 Å². The molecular weight excluding hydrogens is 362 g/mol. The van der Waals surface area contributed by atoms with Gasteiger partial charge in [-0.05, 0) is 49.0 Å². The number of carbonyl (C=O) groups is 2. The summed E-state index contributed by atoms with van der Waals surface area (Å²) in [7, 11) is 0. The van der Waals surface area contributed by atoms with Crippen LogP contribution in [-0.2, 0) is 9.59 Å². The molecule has 2 rings (SSSR count). The summed E-state index contributed by atoms with van der Waals surface area (Å²) in [6.07, 6.45) is 6.11. The Morgan fingerprint density at radius 2 is 1.89 bits per heavy atom. The van der Waals surface area contributed by atoms with E-state index < -0.39 is 0 Å². The summed E-state index contributed by atoms with van der Waals surface area (Å²) >= 11 is 5.07. The molecule has 0 aromatic heterocycles. The van der Waals surface area contributed by atoms with E-state index in [-0.39, 0.29) is 29.5 Å². The van der Waals surface area contributed by atoms with Gasteiger partial charge in [0.05, 0.1) is 0 Å². The molecule has 0 spiro atoms. The second kappa shape index (κ2) is 10.9. The van der Waals surface area contributed by atoms with Crippen LogP contribution in [0, 0.1) is 5.92 Å². The molecule has 1 aromatic carbocycles.